The van der Waals surface area contributed by atoms with E-state index in [0.29, 0.717) is 11.3 Å². The van der Waals surface area contributed by atoms with Crippen molar-refractivity contribution in [1.82, 2.24) is 0 Å². The maximum atomic E-state index is 10.8. The highest BCUT2D eigenvalue weighted by molar-refractivity contribution is 5.87. The Labute approximate surface area is 115 Å². The fourth-order valence-corrected chi connectivity index (χ4v) is 2.04. The number of carbonyl (C=O) groups is 1. The molecule has 0 unspecified atom stereocenters. The normalized spacial score (nSPS) is 10.6. The second-order valence-electron chi connectivity index (χ2n) is 4.41. The molecule has 1 amide bonds. The van der Waals surface area contributed by atoms with Gasteiger partial charge in [0.05, 0.1) is 0 Å². The summed E-state index contributed by atoms with van der Waals surface area (Å²) in [4.78, 5) is 10.8. The van der Waals surface area contributed by atoms with E-state index in [9.17, 15) is 4.79 Å². The van der Waals surface area contributed by atoms with Crippen molar-refractivity contribution >= 4 is 16.9 Å². The van der Waals surface area contributed by atoms with Gasteiger partial charge in [0, 0.05) is 10.9 Å². The first-order chi connectivity index (χ1) is 9.74. The second kappa shape index (κ2) is 5.09. The zero-order chi connectivity index (χ0) is 13.9. The van der Waals surface area contributed by atoms with Crippen molar-refractivity contribution in [3.63, 3.8) is 0 Å². The Hall–Kier alpha value is -2.75. The first-order valence-corrected chi connectivity index (χ1v) is 6.23. The van der Waals surface area contributed by atoms with E-state index in [2.05, 4.69) is 0 Å². The quantitative estimate of drug-likeness (QED) is 0.790. The van der Waals surface area contributed by atoms with Gasteiger partial charge in [-0.05, 0) is 12.1 Å². The van der Waals surface area contributed by atoms with Gasteiger partial charge in [-0.25, -0.2) is 0 Å². The molecule has 1 heterocycles. The molecular formula is C16H13NO3. The summed E-state index contributed by atoms with van der Waals surface area (Å²) >= 11 is 0. The molecule has 0 atom stereocenters. The lowest BCUT2D eigenvalue weighted by Gasteiger charge is -2.03. The average molecular weight is 267 g/mol. The zero-order valence-corrected chi connectivity index (χ0v) is 10.7. The smallest absolute Gasteiger partial charge is 0.255 e. The average Bonchev–Trinajstić information content (AvgIpc) is 2.90. The molecule has 2 aromatic carbocycles. The van der Waals surface area contributed by atoms with Crippen LogP contribution in [0.1, 0.15) is 0 Å². The van der Waals surface area contributed by atoms with Crippen molar-refractivity contribution < 1.29 is 13.9 Å². The van der Waals surface area contributed by atoms with Crippen molar-refractivity contribution in [2.24, 2.45) is 5.73 Å². The summed E-state index contributed by atoms with van der Waals surface area (Å²) in [7, 11) is 0. The molecule has 4 heteroatoms. The van der Waals surface area contributed by atoms with Gasteiger partial charge >= 0.3 is 0 Å². The molecule has 3 rings (SSSR count). The molecule has 20 heavy (non-hydrogen) atoms. The van der Waals surface area contributed by atoms with Crippen LogP contribution in [0.15, 0.2) is 59.0 Å². The van der Waals surface area contributed by atoms with Crippen LogP contribution in [0, 0.1) is 0 Å². The number of nitrogens with two attached hydrogens (primary N) is 1. The number of para-hydroxylation sites is 1. The monoisotopic (exact) mass is 267 g/mol. The van der Waals surface area contributed by atoms with E-state index in [0.717, 1.165) is 16.7 Å². The van der Waals surface area contributed by atoms with Gasteiger partial charge in [0.25, 0.3) is 5.91 Å². The summed E-state index contributed by atoms with van der Waals surface area (Å²) in [5.41, 5.74) is 6.69. The van der Waals surface area contributed by atoms with Crippen LogP contribution in [-0.2, 0) is 4.79 Å². The van der Waals surface area contributed by atoms with Crippen molar-refractivity contribution in [2.45, 2.75) is 0 Å². The highest BCUT2D eigenvalue weighted by atomic mass is 16.5. The summed E-state index contributed by atoms with van der Waals surface area (Å²) in [5, 5.41) is 0.922. The van der Waals surface area contributed by atoms with Crippen molar-refractivity contribution in [3.05, 3.63) is 54.6 Å². The fraction of sp³-hybridized carbons (Fsp3) is 0.0625. The lowest BCUT2D eigenvalue weighted by Crippen LogP contribution is -2.20. The topological polar surface area (TPSA) is 65.5 Å². The third kappa shape index (κ3) is 2.36. The number of hydrogen-bond donors (Lipinski definition) is 1. The first-order valence-electron chi connectivity index (χ1n) is 6.23. The number of furan rings is 1. The van der Waals surface area contributed by atoms with E-state index in [4.69, 9.17) is 14.9 Å². The number of amides is 1. The molecule has 0 spiro atoms. The molecule has 1 aromatic heterocycles. The van der Waals surface area contributed by atoms with E-state index < -0.39 is 5.91 Å². The van der Waals surface area contributed by atoms with Gasteiger partial charge in [-0.2, -0.15) is 0 Å². The standard InChI is InChI=1S/C16H13NO3/c17-15(18)10-19-13-8-4-7-12-9-14(20-16(12)13)11-5-2-1-3-6-11/h1-9H,10H2,(H2,17,18). The second-order valence-corrected chi connectivity index (χ2v) is 4.41. The summed E-state index contributed by atoms with van der Waals surface area (Å²) in [5.74, 6) is 0.760. The van der Waals surface area contributed by atoms with Gasteiger partial charge in [-0.1, -0.05) is 42.5 Å². The van der Waals surface area contributed by atoms with Gasteiger partial charge in [0.15, 0.2) is 17.9 Å². The highest BCUT2D eigenvalue weighted by Gasteiger charge is 2.11. The Morgan fingerprint density at radius 1 is 1.10 bits per heavy atom. The number of primary amides is 1. The van der Waals surface area contributed by atoms with E-state index in [-0.39, 0.29) is 6.61 Å². The molecule has 0 saturated carbocycles. The predicted molar refractivity (Wildman–Crippen MR) is 76.3 cm³/mol. The maximum Gasteiger partial charge on any atom is 0.255 e. The van der Waals surface area contributed by atoms with Crippen LogP contribution in [0.3, 0.4) is 0 Å². The van der Waals surface area contributed by atoms with E-state index in [1.54, 1.807) is 6.07 Å². The first kappa shape index (κ1) is 12.3. The number of ether oxygens (including phenoxy) is 1. The van der Waals surface area contributed by atoms with Crippen LogP contribution in [0.2, 0.25) is 0 Å². The minimum absolute atomic E-state index is 0.166. The number of carbonyl (C=O) groups excluding carboxylic acids is 1. The third-order valence-electron chi connectivity index (χ3n) is 2.94. The number of hydrogen-bond acceptors (Lipinski definition) is 3. The Balaban J connectivity index is 2.02. The van der Waals surface area contributed by atoms with E-state index >= 15 is 0 Å². The molecule has 0 aliphatic carbocycles. The number of benzene rings is 2. The largest absolute Gasteiger partial charge is 0.480 e. The molecule has 0 saturated heterocycles. The van der Waals surface area contributed by atoms with Crippen molar-refractivity contribution in [3.8, 4) is 17.1 Å². The molecule has 0 radical (unpaired) electrons. The lowest BCUT2D eigenvalue weighted by molar-refractivity contribution is -0.119. The van der Waals surface area contributed by atoms with Crippen LogP contribution >= 0.6 is 0 Å². The van der Waals surface area contributed by atoms with Crippen LogP contribution in [0.25, 0.3) is 22.3 Å². The molecule has 0 bridgehead atoms. The maximum absolute atomic E-state index is 10.8. The van der Waals surface area contributed by atoms with Crippen LogP contribution < -0.4 is 10.5 Å². The highest BCUT2D eigenvalue weighted by Crippen LogP contribution is 2.33. The fourth-order valence-electron chi connectivity index (χ4n) is 2.04. The Morgan fingerprint density at radius 3 is 2.65 bits per heavy atom. The summed E-state index contributed by atoms with van der Waals surface area (Å²) in [6, 6.07) is 17.3. The molecule has 3 aromatic rings. The predicted octanol–water partition coefficient (Wildman–Crippen LogP) is 2.96. The summed E-state index contributed by atoms with van der Waals surface area (Å²) in [6.07, 6.45) is 0. The zero-order valence-electron chi connectivity index (χ0n) is 10.7. The molecule has 2 N–H and O–H groups in total. The Kier molecular flexibility index (Phi) is 3.13. The van der Waals surface area contributed by atoms with E-state index in [1.165, 1.54) is 0 Å². The van der Waals surface area contributed by atoms with Crippen LogP contribution in [0.5, 0.6) is 5.75 Å². The lowest BCUT2D eigenvalue weighted by atomic mass is 10.1. The Bertz CT molecular complexity index is 747. The molecule has 0 aliphatic rings. The Morgan fingerprint density at radius 2 is 1.90 bits per heavy atom. The molecule has 4 nitrogen and oxygen atoms in total. The van der Waals surface area contributed by atoms with Gasteiger partial charge in [0.1, 0.15) is 5.76 Å². The van der Waals surface area contributed by atoms with Crippen molar-refractivity contribution in [1.29, 1.82) is 0 Å². The third-order valence-corrected chi connectivity index (χ3v) is 2.94. The molecule has 0 aliphatic heterocycles. The van der Waals surface area contributed by atoms with Crippen LogP contribution in [-0.4, -0.2) is 12.5 Å². The minimum atomic E-state index is -0.517. The molecular weight excluding hydrogens is 254 g/mol. The minimum Gasteiger partial charge on any atom is -0.480 e. The SMILES string of the molecule is NC(=O)COc1cccc2cc(-c3ccccc3)oc12. The summed E-state index contributed by atoms with van der Waals surface area (Å²) < 4.78 is 11.2. The van der Waals surface area contributed by atoms with Crippen molar-refractivity contribution in [2.75, 3.05) is 6.61 Å². The molecule has 0 fully saturated rings. The van der Waals surface area contributed by atoms with E-state index in [1.807, 2.05) is 48.5 Å². The van der Waals surface area contributed by atoms with Gasteiger partial charge in [-0.3, -0.25) is 4.79 Å². The summed E-state index contributed by atoms with van der Waals surface area (Å²) in [6.45, 7) is -0.166. The number of fused-ring (bicyclic) bond motifs is 1. The van der Waals surface area contributed by atoms with Gasteiger partial charge in [-0.15, -0.1) is 0 Å². The van der Waals surface area contributed by atoms with Crippen LogP contribution in [0.4, 0.5) is 0 Å². The number of rotatable bonds is 4. The van der Waals surface area contributed by atoms with Gasteiger partial charge in [0.2, 0.25) is 0 Å². The van der Waals surface area contributed by atoms with Gasteiger partial charge < -0.3 is 14.9 Å². The molecule has 100 valence electrons.